The van der Waals surface area contributed by atoms with Crippen molar-refractivity contribution in [3.05, 3.63) is 40.1 Å². The summed E-state index contributed by atoms with van der Waals surface area (Å²) in [4.78, 5) is 9.11. The van der Waals surface area contributed by atoms with E-state index in [1.807, 2.05) is 31.2 Å². The van der Waals surface area contributed by atoms with Gasteiger partial charge >= 0.3 is 0 Å². The Morgan fingerprint density at radius 2 is 1.97 bits per heavy atom. The van der Waals surface area contributed by atoms with Crippen molar-refractivity contribution in [2.45, 2.75) is 37.5 Å². The van der Waals surface area contributed by atoms with E-state index in [4.69, 9.17) is 4.98 Å². The van der Waals surface area contributed by atoms with Gasteiger partial charge in [0.2, 0.25) is 16.0 Å². The van der Waals surface area contributed by atoms with Gasteiger partial charge in [-0.1, -0.05) is 11.3 Å². The molecule has 1 aromatic carbocycles. The lowest BCUT2D eigenvalue weighted by Crippen LogP contribution is -2.31. The summed E-state index contributed by atoms with van der Waals surface area (Å²) in [7, 11) is -1.83. The van der Waals surface area contributed by atoms with Crippen LogP contribution in [0.3, 0.4) is 0 Å². The lowest BCUT2D eigenvalue weighted by Gasteiger charge is -2.13. The number of sulfonamides is 1. The van der Waals surface area contributed by atoms with Crippen LogP contribution in [0, 0.1) is 6.92 Å². The number of hydrogen-bond acceptors (Lipinski definition) is 9. The van der Waals surface area contributed by atoms with Gasteiger partial charge in [-0.3, -0.25) is 0 Å². The van der Waals surface area contributed by atoms with Gasteiger partial charge in [0, 0.05) is 17.8 Å². The Hall–Kier alpha value is -2.48. The Labute approximate surface area is 203 Å². The zero-order valence-electron chi connectivity index (χ0n) is 17.9. The molecule has 33 heavy (non-hydrogen) atoms. The van der Waals surface area contributed by atoms with E-state index in [0.29, 0.717) is 29.0 Å². The average molecular weight is 549 g/mol. The van der Waals surface area contributed by atoms with Crippen molar-refractivity contribution in [3.63, 3.8) is 0 Å². The van der Waals surface area contributed by atoms with Crippen LogP contribution < -0.4 is 10.0 Å². The van der Waals surface area contributed by atoms with Gasteiger partial charge in [-0.05, 0) is 73.4 Å². The number of nitrogens with one attached hydrogen (secondary N) is 2. The van der Waals surface area contributed by atoms with Crippen LogP contribution in [-0.4, -0.2) is 56.7 Å². The number of rotatable bonds is 6. The van der Waals surface area contributed by atoms with Crippen molar-refractivity contribution in [1.82, 2.24) is 34.7 Å². The van der Waals surface area contributed by atoms with E-state index in [1.54, 1.807) is 22.2 Å². The van der Waals surface area contributed by atoms with Gasteiger partial charge in [0.15, 0.2) is 5.65 Å². The van der Waals surface area contributed by atoms with Crippen molar-refractivity contribution in [1.29, 1.82) is 0 Å². The number of nitrogens with zero attached hydrogens (tertiary/aromatic N) is 6. The second-order valence-electron chi connectivity index (χ2n) is 7.83. The third kappa shape index (κ3) is 4.37. The highest BCUT2D eigenvalue weighted by Crippen LogP contribution is 2.30. The maximum Gasteiger partial charge on any atom is 0.224 e. The maximum absolute atomic E-state index is 12.1. The minimum absolute atomic E-state index is 0.00923. The van der Waals surface area contributed by atoms with Crippen LogP contribution in [-0.2, 0) is 10.0 Å². The van der Waals surface area contributed by atoms with Crippen molar-refractivity contribution in [2.24, 2.45) is 0 Å². The molecule has 4 aromatic rings. The minimum atomic E-state index is -3.28. The summed E-state index contributed by atoms with van der Waals surface area (Å²) in [6.45, 7) is 1.93. The van der Waals surface area contributed by atoms with E-state index in [9.17, 15) is 8.42 Å². The molecule has 0 aliphatic heterocycles. The van der Waals surface area contributed by atoms with E-state index >= 15 is 0 Å². The van der Waals surface area contributed by atoms with E-state index in [2.05, 4.69) is 46.2 Å². The normalized spacial score (nSPS) is 18.8. The fourth-order valence-electron chi connectivity index (χ4n) is 3.98. The number of aryl methyl sites for hydroxylation is 1. The van der Waals surface area contributed by atoms with Gasteiger partial charge in [-0.2, -0.15) is 10.1 Å². The Morgan fingerprint density at radius 3 is 2.67 bits per heavy atom. The third-order valence-corrected chi connectivity index (χ3v) is 9.05. The fourth-order valence-corrected chi connectivity index (χ4v) is 6.38. The van der Waals surface area contributed by atoms with Crippen LogP contribution in [0.5, 0.6) is 0 Å². The molecule has 0 spiro atoms. The van der Waals surface area contributed by atoms with E-state index < -0.39 is 15.3 Å². The Bertz CT molecular complexity index is 1420. The van der Waals surface area contributed by atoms with Gasteiger partial charge < -0.3 is 5.32 Å². The summed E-state index contributed by atoms with van der Waals surface area (Å²) in [5, 5.41) is 18.3. The molecule has 1 saturated carbocycles. The first-order chi connectivity index (χ1) is 15.8. The predicted octanol–water partition coefficient (Wildman–Crippen LogP) is 3.29. The molecule has 2 N–H and O–H groups in total. The molecule has 1 fully saturated rings. The van der Waals surface area contributed by atoms with Crippen molar-refractivity contribution in [2.75, 3.05) is 12.4 Å². The van der Waals surface area contributed by atoms with Gasteiger partial charge in [0.05, 0.1) is 16.3 Å². The van der Waals surface area contributed by atoms with Crippen LogP contribution in [0.15, 0.2) is 35.1 Å². The topological polar surface area (TPSA) is 128 Å². The second kappa shape index (κ2) is 8.70. The molecule has 1 aliphatic carbocycles. The first-order valence-electron chi connectivity index (χ1n) is 10.3. The quantitative estimate of drug-likeness (QED) is 0.375. The molecular weight excluding hydrogens is 528 g/mol. The molecule has 5 rings (SSSR count). The van der Waals surface area contributed by atoms with Crippen molar-refractivity contribution >= 4 is 54.3 Å². The van der Waals surface area contributed by atoms with E-state index in [1.165, 1.54) is 7.05 Å². The van der Waals surface area contributed by atoms with Crippen molar-refractivity contribution < 1.29 is 8.42 Å². The number of aromatic nitrogens is 6. The summed E-state index contributed by atoms with van der Waals surface area (Å²) in [6.07, 6.45) is 3.57. The number of benzene rings is 1. The first kappa shape index (κ1) is 22.3. The van der Waals surface area contributed by atoms with Crippen molar-refractivity contribution in [3.8, 4) is 16.3 Å². The Balaban J connectivity index is 1.41. The lowest BCUT2D eigenvalue weighted by atomic mass is 10.2. The predicted molar refractivity (Wildman–Crippen MR) is 131 cm³/mol. The fraction of sp³-hybridized carbons (Fsp3) is 0.350. The summed E-state index contributed by atoms with van der Waals surface area (Å²) in [5.74, 6) is 0.449. The monoisotopic (exact) mass is 548 g/mol. The molecule has 2 atom stereocenters. The zero-order chi connectivity index (χ0) is 23.2. The molecule has 10 nitrogen and oxygen atoms in total. The molecule has 0 saturated heterocycles. The number of halogens is 1. The first-order valence-corrected chi connectivity index (χ1v) is 13.5. The van der Waals surface area contributed by atoms with Gasteiger partial charge in [0.25, 0.3) is 0 Å². The molecule has 3 heterocycles. The molecule has 0 amide bonds. The van der Waals surface area contributed by atoms with Gasteiger partial charge in [-0.15, -0.1) is 10.2 Å². The van der Waals surface area contributed by atoms with Crippen LogP contribution in [0.4, 0.5) is 5.95 Å². The molecule has 3 aromatic heterocycles. The highest BCUT2D eigenvalue weighted by molar-refractivity contribution is 9.10. The van der Waals surface area contributed by atoms with E-state index in [0.717, 1.165) is 33.1 Å². The SMILES string of the molecule is CNS(=O)(=O)C1CC[C@@H](Nc2ncc3c(Br)nn(-c4ccc(-c5nnc(C)s5)cc4)c3n2)C1. The number of hydrogen-bond donors (Lipinski definition) is 2. The largest absolute Gasteiger partial charge is 0.351 e. The number of anilines is 1. The molecular formula is C20H21BrN8O2S2. The summed E-state index contributed by atoms with van der Waals surface area (Å²) >= 11 is 5.04. The maximum atomic E-state index is 12.1. The molecule has 1 aliphatic rings. The minimum Gasteiger partial charge on any atom is -0.351 e. The summed E-state index contributed by atoms with van der Waals surface area (Å²) < 4.78 is 29.0. The van der Waals surface area contributed by atoms with Crippen LogP contribution in [0.2, 0.25) is 0 Å². The highest BCUT2D eigenvalue weighted by atomic mass is 79.9. The standard InChI is InChI=1S/C20H21BrN8O2S2/c1-11-26-27-19(32-11)12-3-6-14(7-4-12)29-18-16(17(21)28-29)10-23-20(25-18)24-13-5-8-15(9-13)33(30,31)22-2/h3-4,6-7,10,13,15,22H,5,8-9H2,1-2H3,(H,23,24,25)/t13-,15?/m1/s1. The molecule has 0 bridgehead atoms. The molecule has 13 heteroatoms. The molecule has 172 valence electrons. The lowest BCUT2D eigenvalue weighted by molar-refractivity contribution is 0.570. The van der Waals surface area contributed by atoms with Crippen LogP contribution in [0.25, 0.3) is 27.3 Å². The average Bonchev–Trinajstić information content (AvgIpc) is 3.54. The van der Waals surface area contributed by atoms with Gasteiger partial charge in [0.1, 0.15) is 14.6 Å². The molecule has 0 radical (unpaired) electrons. The Morgan fingerprint density at radius 1 is 1.18 bits per heavy atom. The third-order valence-electron chi connectivity index (χ3n) is 5.71. The van der Waals surface area contributed by atoms with Crippen LogP contribution in [0.1, 0.15) is 24.3 Å². The van der Waals surface area contributed by atoms with E-state index in [-0.39, 0.29) is 6.04 Å². The molecule has 1 unspecified atom stereocenters. The second-order valence-corrected chi connectivity index (χ2v) is 11.9. The van der Waals surface area contributed by atoms with Gasteiger partial charge in [-0.25, -0.2) is 22.8 Å². The highest BCUT2D eigenvalue weighted by Gasteiger charge is 2.33. The Kier molecular flexibility index (Phi) is 5.89. The summed E-state index contributed by atoms with van der Waals surface area (Å²) in [5.41, 5.74) is 2.49. The zero-order valence-corrected chi connectivity index (χ0v) is 21.1. The summed E-state index contributed by atoms with van der Waals surface area (Å²) in [6, 6.07) is 7.88. The smallest absolute Gasteiger partial charge is 0.224 e. The number of fused-ring (bicyclic) bond motifs is 1. The van der Waals surface area contributed by atoms with Crippen LogP contribution >= 0.6 is 27.3 Å².